The van der Waals surface area contributed by atoms with Gasteiger partial charge in [-0.05, 0) is 44.7 Å². The van der Waals surface area contributed by atoms with Crippen LogP contribution >= 0.6 is 11.6 Å². The molecule has 2 aromatic rings. The number of alkyl halides is 1. The lowest BCUT2D eigenvalue weighted by atomic mass is 10.0. The lowest BCUT2D eigenvalue weighted by molar-refractivity contribution is 0.242. The van der Waals surface area contributed by atoms with E-state index in [9.17, 15) is 0 Å². The zero-order valence-electron chi connectivity index (χ0n) is 16.5. The monoisotopic (exact) mass is 376 g/mol. The number of halogens is 1. The van der Waals surface area contributed by atoms with Gasteiger partial charge in [-0.3, -0.25) is 0 Å². The third-order valence-corrected chi connectivity index (χ3v) is 4.82. The van der Waals surface area contributed by atoms with Crippen LogP contribution in [-0.4, -0.2) is 18.6 Å². The molecule has 0 saturated carbocycles. The first-order valence-electron chi connectivity index (χ1n) is 10.1. The van der Waals surface area contributed by atoms with Crippen molar-refractivity contribution in [2.75, 3.05) is 12.5 Å². The van der Waals surface area contributed by atoms with Crippen molar-refractivity contribution in [1.29, 1.82) is 0 Å². The number of ether oxygens (including phenoxy) is 2. The van der Waals surface area contributed by atoms with Crippen LogP contribution in [-0.2, 0) is 6.42 Å². The van der Waals surface area contributed by atoms with E-state index < -0.39 is 0 Å². The Balaban J connectivity index is 2.03. The third-order valence-electron chi connectivity index (χ3n) is 4.55. The molecule has 0 atom stereocenters. The summed E-state index contributed by atoms with van der Waals surface area (Å²) in [5.74, 6) is 2.77. The standard InChI is InChI=1S/C23H33ClO2/c1-4-19-17-22(25-16-12-8-6-5-7-11-15-24)20-13-9-10-14-21(20)23(19)26-18(2)3/h9-10,13-14,17-18H,4-8,11-12,15-16H2,1-3H3. The van der Waals surface area contributed by atoms with Crippen molar-refractivity contribution in [2.45, 2.75) is 71.8 Å². The quantitative estimate of drug-likeness (QED) is 0.289. The second-order valence-corrected chi connectivity index (χ2v) is 7.47. The molecule has 0 bridgehead atoms. The number of unbranched alkanes of at least 4 members (excludes halogenated alkanes) is 5. The van der Waals surface area contributed by atoms with E-state index >= 15 is 0 Å². The topological polar surface area (TPSA) is 18.5 Å². The third kappa shape index (κ3) is 6.09. The summed E-state index contributed by atoms with van der Waals surface area (Å²) in [5, 5.41) is 2.29. The van der Waals surface area contributed by atoms with Crippen molar-refractivity contribution in [1.82, 2.24) is 0 Å². The first-order valence-corrected chi connectivity index (χ1v) is 10.6. The number of benzene rings is 2. The summed E-state index contributed by atoms with van der Waals surface area (Å²) in [6.45, 7) is 7.09. The highest BCUT2D eigenvalue weighted by atomic mass is 35.5. The minimum Gasteiger partial charge on any atom is -0.493 e. The molecule has 0 spiro atoms. The van der Waals surface area contributed by atoms with Gasteiger partial charge < -0.3 is 9.47 Å². The Hall–Kier alpha value is -1.41. The molecule has 144 valence electrons. The first kappa shape index (κ1) is 20.9. The molecule has 0 unspecified atom stereocenters. The van der Waals surface area contributed by atoms with Gasteiger partial charge in [-0.2, -0.15) is 0 Å². The highest BCUT2D eigenvalue weighted by Gasteiger charge is 2.14. The van der Waals surface area contributed by atoms with E-state index in [4.69, 9.17) is 21.1 Å². The highest BCUT2D eigenvalue weighted by Crippen LogP contribution is 2.37. The molecule has 0 saturated heterocycles. The molecule has 2 aromatic carbocycles. The summed E-state index contributed by atoms with van der Waals surface area (Å²) in [7, 11) is 0. The van der Waals surface area contributed by atoms with Gasteiger partial charge in [0.25, 0.3) is 0 Å². The first-order chi connectivity index (χ1) is 12.7. The number of aryl methyl sites for hydroxylation is 1. The number of hydrogen-bond donors (Lipinski definition) is 0. The lowest BCUT2D eigenvalue weighted by Gasteiger charge is -2.19. The fraction of sp³-hybridized carbons (Fsp3) is 0.565. The van der Waals surface area contributed by atoms with Crippen LogP contribution in [0.25, 0.3) is 10.8 Å². The maximum Gasteiger partial charge on any atom is 0.130 e. The van der Waals surface area contributed by atoms with Crippen molar-refractivity contribution < 1.29 is 9.47 Å². The summed E-state index contributed by atoms with van der Waals surface area (Å²) >= 11 is 5.71. The van der Waals surface area contributed by atoms with Crippen molar-refractivity contribution in [3.8, 4) is 11.5 Å². The summed E-state index contributed by atoms with van der Waals surface area (Å²) < 4.78 is 12.3. The van der Waals surface area contributed by atoms with Crippen LogP contribution in [0.2, 0.25) is 0 Å². The molecule has 0 fully saturated rings. The summed E-state index contributed by atoms with van der Waals surface area (Å²) in [6.07, 6.45) is 8.33. The van der Waals surface area contributed by atoms with Crippen LogP contribution in [0.15, 0.2) is 30.3 Å². The van der Waals surface area contributed by atoms with Crippen molar-refractivity contribution in [3.63, 3.8) is 0 Å². The average molecular weight is 377 g/mol. The lowest BCUT2D eigenvalue weighted by Crippen LogP contribution is -2.08. The normalized spacial score (nSPS) is 11.3. The molecule has 0 radical (unpaired) electrons. The Morgan fingerprint density at radius 2 is 1.58 bits per heavy atom. The fourth-order valence-corrected chi connectivity index (χ4v) is 3.40. The predicted octanol–water partition coefficient (Wildman–Crippen LogP) is 7.15. The maximum absolute atomic E-state index is 6.17. The van der Waals surface area contributed by atoms with Gasteiger partial charge in [-0.25, -0.2) is 0 Å². The van der Waals surface area contributed by atoms with E-state index in [1.54, 1.807) is 0 Å². The Labute approximate surface area is 163 Å². The highest BCUT2D eigenvalue weighted by molar-refractivity contribution is 6.17. The van der Waals surface area contributed by atoms with E-state index in [1.807, 2.05) is 0 Å². The smallest absolute Gasteiger partial charge is 0.130 e. The minimum absolute atomic E-state index is 0.161. The van der Waals surface area contributed by atoms with Gasteiger partial charge in [-0.1, -0.05) is 56.9 Å². The molecule has 0 amide bonds. The van der Waals surface area contributed by atoms with Crippen molar-refractivity contribution in [2.24, 2.45) is 0 Å². The van der Waals surface area contributed by atoms with Gasteiger partial charge in [-0.15, -0.1) is 11.6 Å². The molecule has 2 nitrogen and oxygen atoms in total. The van der Waals surface area contributed by atoms with Gasteiger partial charge in [0.15, 0.2) is 0 Å². The molecule has 0 aliphatic heterocycles. The molecule has 0 aliphatic rings. The maximum atomic E-state index is 6.17. The van der Waals surface area contributed by atoms with Crippen LogP contribution in [0, 0.1) is 0 Å². The molecule has 0 N–H and O–H groups in total. The molecule has 2 rings (SSSR count). The van der Waals surface area contributed by atoms with Crippen LogP contribution in [0.4, 0.5) is 0 Å². The Morgan fingerprint density at radius 1 is 0.923 bits per heavy atom. The number of fused-ring (bicyclic) bond motifs is 1. The minimum atomic E-state index is 0.161. The fourth-order valence-electron chi connectivity index (χ4n) is 3.21. The SMILES string of the molecule is CCc1cc(OCCCCCCCCCl)c2ccccc2c1OC(C)C. The van der Waals surface area contributed by atoms with E-state index in [0.29, 0.717) is 0 Å². The predicted molar refractivity (Wildman–Crippen MR) is 113 cm³/mol. The van der Waals surface area contributed by atoms with Gasteiger partial charge in [0.05, 0.1) is 12.7 Å². The van der Waals surface area contributed by atoms with E-state index in [0.717, 1.165) is 54.0 Å². The van der Waals surface area contributed by atoms with Crippen LogP contribution < -0.4 is 9.47 Å². The molecule has 0 aliphatic carbocycles. The Bertz CT molecular complexity index is 667. The van der Waals surface area contributed by atoms with E-state index in [-0.39, 0.29) is 6.10 Å². The van der Waals surface area contributed by atoms with Crippen LogP contribution in [0.5, 0.6) is 11.5 Å². The second kappa shape index (κ2) is 11.3. The summed E-state index contributed by atoms with van der Waals surface area (Å²) in [4.78, 5) is 0. The van der Waals surface area contributed by atoms with E-state index in [1.165, 1.54) is 31.2 Å². The molecule has 0 heterocycles. The summed E-state index contributed by atoms with van der Waals surface area (Å²) in [5.41, 5.74) is 1.22. The Kier molecular flexibility index (Phi) is 9.11. The second-order valence-electron chi connectivity index (χ2n) is 7.09. The number of rotatable bonds is 12. The molecule has 3 heteroatoms. The van der Waals surface area contributed by atoms with Gasteiger partial charge in [0.1, 0.15) is 11.5 Å². The largest absolute Gasteiger partial charge is 0.493 e. The molecular weight excluding hydrogens is 344 g/mol. The molecule has 26 heavy (non-hydrogen) atoms. The van der Waals surface area contributed by atoms with Gasteiger partial charge >= 0.3 is 0 Å². The summed E-state index contributed by atoms with van der Waals surface area (Å²) in [6, 6.07) is 10.6. The molecular formula is C23H33ClO2. The van der Waals surface area contributed by atoms with Gasteiger partial charge in [0.2, 0.25) is 0 Å². The van der Waals surface area contributed by atoms with Crippen LogP contribution in [0.3, 0.4) is 0 Å². The van der Waals surface area contributed by atoms with Crippen molar-refractivity contribution in [3.05, 3.63) is 35.9 Å². The zero-order chi connectivity index (χ0) is 18.8. The average Bonchev–Trinajstić information content (AvgIpc) is 2.64. The van der Waals surface area contributed by atoms with Crippen molar-refractivity contribution >= 4 is 22.4 Å². The zero-order valence-corrected chi connectivity index (χ0v) is 17.3. The number of hydrogen-bond acceptors (Lipinski definition) is 2. The van der Waals surface area contributed by atoms with E-state index in [2.05, 4.69) is 51.1 Å². The van der Waals surface area contributed by atoms with Crippen LogP contribution in [0.1, 0.15) is 64.9 Å². The molecule has 0 aromatic heterocycles. The Morgan fingerprint density at radius 3 is 2.23 bits per heavy atom. The van der Waals surface area contributed by atoms with Gasteiger partial charge in [0, 0.05) is 16.7 Å².